The van der Waals surface area contributed by atoms with Crippen LogP contribution < -0.4 is 5.19 Å². The molecular weight excluding hydrogens is 348 g/mol. The van der Waals surface area contributed by atoms with Crippen molar-refractivity contribution in [2.24, 2.45) is 11.8 Å². The van der Waals surface area contributed by atoms with Crippen LogP contribution in [-0.2, 0) is 4.74 Å². The Balaban J connectivity index is 2.12. The summed E-state index contributed by atoms with van der Waals surface area (Å²) in [5, 5.41) is 0.974. The van der Waals surface area contributed by atoms with E-state index in [1.54, 1.807) is 0 Å². The Morgan fingerprint density at radius 1 is 0.815 bits per heavy atom. The molecule has 1 N–H and O–H groups in total. The second-order valence-electron chi connectivity index (χ2n) is 9.30. The van der Waals surface area contributed by atoms with E-state index in [0.29, 0.717) is 5.92 Å². The Bertz CT molecular complexity index is 740. The molecule has 1 heterocycles. The number of hydrogen-bond acceptors (Lipinski definition) is 2. The van der Waals surface area contributed by atoms with Gasteiger partial charge in [-0.15, -0.1) is 0 Å². The summed E-state index contributed by atoms with van der Waals surface area (Å²) in [7, 11) is -2.85. The normalized spacial score (nSPS) is 31.3. The molecule has 1 unspecified atom stereocenters. The van der Waals surface area contributed by atoms with E-state index in [4.69, 9.17) is 4.74 Å². The number of hydrogen-bond donors (Lipinski definition) is 1. The third kappa shape index (κ3) is 3.53. The van der Waals surface area contributed by atoms with Crippen LogP contribution in [0.25, 0.3) is 0 Å². The first-order valence-electron chi connectivity index (χ1n) is 10.2. The van der Waals surface area contributed by atoms with Gasteiger partial charge < -0.3 is 9.53 Å². The molecule has 3 rings (SSSR count). The van der Waals surface area contributed by atoms with E-state index in [9.17, 15) is 4.80 Å². The summed E-state index contributed by atoms with van der Waals surface area (Å²) >= 11 is 0. The molecule has 0 saturated carbocycles. The average Bonchev–Trinajstić information content (AvgIpc) is 2.65. The van der Waals surface area contributed by atoms with Gasteiger partial charge in [-0.2, -0.15) is 0 Å². The molecule has 0 aromatic heterocycles. The minimum absolute atomic E-state index is 0.0208. The van der Waals surface area contributed by atoms with Gasteiger partial charge in [-0.25, -0.2) is 0 Å². The molecule has 0 spiro atoms. The van der Waals surface area contributed by atoms with Crippen molar-refractivity contribution >= 4 is 13.5 Å². The van der Waals surface area contributed by atoms with Gasteiger partial charge in [-0.1, -0.05) is 95.3 Å². The molecule has 0 amide bonds. The Hall–Kier alpha value is -1.42. The van der Waals surface area contributed by atoms with Crippen molar-refractivity contribution in [2.75, 3.05) is 0 Å². The van der Waals surface area contributed by atoms with Crippen molar-refractivity contribution < 1.29 is 9.53 Å². The lowest BCUT2D eigenvalue weighted by Gasteiger charge is -2.54. The molecule has 1 saturated heterocycles. The maximum atomic E-state index is 12.5. The summed E-state index contributed by atoms with van der Waals surface area (Å²) in [6.45, 7) is 13.3. The fourth-order valence-corrected chi connectivity index (χ4v) is 9.96. The molecule has 2 nitrogen and oxygen atoms in total. The van der Waals surface area contributed by atoms with Crippen LogP contribution in [0.15, 0.2) is 60.7 Å². The molecule has 3 heteroatoms. The highest BCUT2D eigenvalue weighted by Crippen LogP contribution is 2.55. The van der Waals surface area contributed by atoms with E-state index in [1.165, 1.54) is 5.56 Å². The second kappa shape index (κ2) is 7.54. The highest BCUT2D eigenvalue weighted by atomic mass is 28.4. The zero-order valence-corrected chi connectivity index (χ0v) is 18.5. The van der Waals surface area contributed by atoms with Gasteiger partial charge >= 0.3 is 0 Å². The monoisotopic (exact) mass is 382 g/mol. The van der Waals surface area contributed by atoms with E-state index >= 15 is 0 Å². The van der Waals surface area contributed by atoms with Crippen LogP contribution in [0.4, 0.5) is 0 Å². The van der Waals surface area contributed by atoms with E-state index in [1.807, 2.05) is 12.1 Å². The van der Waals surface area contributed by atoms with E-state index in [0.717, 1.165) is 5.19 Å². The Kier molecular flexibility index (Phi) is 5.67. The lowest BCUT2D eigenvalue weighted by molar-refractivity contribution is -0.104. The molecule has 1 fully saturated rings. The predicted octanol–water partition coefficient (Wildman–Crippen LogP) is 5.43. The van der Waals surface area contributed by atoms with Gasteiger partial charge in [-0.3, -0.25) is 0 Å². The van der Waals surface area contributed by atoms with Crippen molar-refractivity contribution in [2.45, 2.75) is 64.3 Å². The summed E-state index contributed by atoms with van der Waals surface area (Å²) in [6, 6.07) is 20.9. The quantitative estimate of drug-likeness (QED) is 0.717. The number of benzene rings is 2. The lowest BCUT2D eigenvalue weighted by atomic mass is 9.83. The van der Waals surface area contributed by atoms with Crippen molar-refractivity contribution in [3.8, 4) is 0 Å². The molecular formula is C24H34O2Si. The zero-order chi connectivity index (χ0) is 19.8. The van der Waals surface area contributed by atoms with Gasteiger partial charge in [0.15, 0.2) is 0 Å². The molecule has 2 aromatic carbocycles. The number of ether oxygens (including phenoxy) is 1. The van der Waals surface area contributed by atoms with Gasteiger partial charge in [0, 0.05) is 0 Å². The largest absolute Gasteiger partial charge is 0.427 e. The summed E-state index contributed by atoms with van der Waals surface area (Å²) in [5.41, 5.74) is 1.43. The van der Waals surface area contributed by atoms with Gasteiger partial charge in [-0.05, 0) is 40.1 Å². The van der Waals surface area contributed by atoms with Crippen molar-refractivity contribution in [1.29, 1.82) is 0 Å². The highest BCUT2D eigenvalue weighted by Gasteiger charge is 2.58. The molecule has 1 aliphatic heterocycles. The van der Waals surface area contributed by atoms with Crippen LogP contribution in [0.5, 0.6) is 0 Å². The van der Waals surface area contributed by atoms with Crippen molar-refractivity contribution in [1.82, 2.24) is 0 Å². The van der Waals surface area contributed by atoms with Crippen molar-refractivity contribution in [3.63, 3.8) is 0 Å². The summed E-state index contributed by atoms with van der Waals surface area (Å²) in [4.78, 5) is 12.5. The van der Waals surface area contributed by atoms with Gasteiger partial charge in [0.25, 0.3) is 0 Å². The summed E-state index contributed by atoms with van der Waals surface area (Å²) in [6.07, 6.45) is 0.133. The smallest absolute Gasteiger partial charge is 0.229 e. The van der Waals surface area contributed by atoms with Crippen LogP contribution >= 0.6 is 0 Å². The van der Waals surface area contributed by atoms with E-state index < -0.39 is 8.32 Å². The number of rotatable bonds is 3. The zero-order valence-electron chi connectivity index (χ0n) is 17.5. The third-order valence-corrected chi connectivity index (χ3v) is 12.2. The van der Waals surface area contributed by atoms with Crippen LogP contribution in [0, 0.1) is 11.8 Å². The lowest BCUT2D eigenvalue weighted by Crippen LogP contribution is -2.64. The second-order valence-corrected chi connectivity index (χ2v) is 13.6. The highest BCUT2D eigenvalue weighted by molar-refractivity contribution is 6.89. The van der Waals surface area contributed by atoms with Crippen LogP contribution in [-0.4, -0.2) is 19.2 Å². The molecule has 6 atom stereocenters. The predicted molar refractivity (Wildman–Crippen MR) is 116 cm³/mol. The minimum atomic E-state index is -2.85. The van der Waals surface area contributed by atoms with Crippen LogP contribution in [0.1, 0.15) is 53.2 Å². The summed E-state index contributed by atoms with van der Waals surface area (Å²) in [5.74, 6) is 0.547. The molecule has 27 heavy (non-hydrogen) atoms. The molecule has 0 radical (unpaired) electrons. The van der Waals surface area contributed by atoms with E-state index in [2.05, 4.69) is 90.1 Å². The fraction of sp³-hybridized carbons (Fsp3) is 0.500. The minimum Gasteiger partial charge on any atom is -0.427 e. The first kappa shape index (κ1) is 20.3. The molecule has 2 aromatic rings. The van der Waals surface area contributed by atoms with Gasteiger partial charge in [0.1, 0.15) is 0 Å². The van der Waals surface area contributed by atoms with Gasteiger partial charge in [0.2, 0.25) is 8.32 Å². The standard InChI is InChI=1S/C24H34O2Si/c1-17-19(3)26-22(20-13-9-7-10-14-20)18(2)23(17)27(25,24(4,5)6)21-15-11-8-12-16-21/h7-19,22-23,25H,1-6H3/t17-,18-,19-,22-,23+,27?/m0/s1. The SMILES string of the molecule is C[C@@H]1[C@@H]([Si](O)(c2ccccc2)C(C)(C)C)[C@@H](C)[C@@H](c2ccccc2)O[C@H]1C. The molecule has 1 aliphatic rings. The molecule has 0 bridgehead atoms. The maximum absolute atomic E-state index is 12.5. The van der Waals surface area contributed by atoms with Gasteiger partial charge in [0.05, 0.1) is 12.2 Å². The van der Waals surface area contributed by atoms with Crippen LogP contribution in [0.3, 0.4) is 0 Å². The Morgan fingerprint density at radius 3 is 1.85 bits per heavy atom. The third-order valence-electron chi connectivity index (χ3n) is 6.68. The average molecular weight is 383 g/mol. The Morgan fingerprint density at radius 2 is 1.33 bits per heavy atom. The van der Waals surface area contributed by atoms with Crippen LogP contribution in [0.2, 0.25) is 10.6 Å². The first-order valence-corrected chi connectivity index (χ1v) is 12.2. The summed E-state index contributed by atoms with van der Waals surface area (Å²) < 4.78 is 6.48. The van der Waals surface area contributed by atoms with Crippen molar-refractivity contribution in [3.05, 3.63) is 66.2 Å². The maximum Gasteiger partial charge on any atom is 0.229 e. The topological polar surface area (TPSA) is 29.5 Å². The first-order chi connectivity index (χ1) is 12.7. The Labute approximate surface area is 165 Å². The fourth-order valence-electron chi connectivity index (χ4n) is 5.04. The molecule has 146 valence electrons. The molecule has 0 aliphatic carbocycles. The van der Waals surface area contributed by atoms with E-state index in [-0.39, 0.29) is 28.7 Å².